The maximum absolute atomic E-state index is 13.5. The van der Waals surface area contributed by atoms with Crippen molar-refractivity contribution in [1.82, 2.24) is 20.8 Å². The molecule has 4 atom stereocenters. The average Bonchev–Trinajstić information content (AvgIpc) is 2.92. The minimum atomic E-state index is -1.26. The van der Waals surface area contributed by atoms with Crippen molar-refractivity contribution >= 4 is 24.8 Å². The number of carbonyl (C=O) groups is 3. The minimum Gasteiger partial charge on any atom is -0.468 e. The SMILES string of the molecule is COC(=O)[C@H](C)NB(OCC(C)C)[C@H](CC(C)C)NC(=O)[C@@H](NC(=O)c1cccc(-c2ccccc2)n1)[C@@H](C)O. The minimum absolute atomic E-state index is 0.116. The van der Waals surface area contributed by atoms with E-state index < -0.39 is 49.0 Å². The summed E-state index contributed by atoms with van der Waals surface area (Å²) in [6.07, 6.45) is -0.686. The molecule has 1 heterocycles. The van der Waals surface area contributed by atoms with E-state index >= 15 is 0 Å². The predicted octanol–water partition coefficient (Wildman–Crippen LogP) is 2.61. The predicted molar refractivity (Wildman–Crippen MR) is 155 cm³/mol. The molecule has 0 radical (unpaired) electrons. The smallest absolute Gasteiger partial charge is 0.404 e. The van der Waals surface area contributed by atoms with Crippen molar-refractivity contribution in [1.29, 1.82) is 0 Å². The summed E-state index contributed by atoms with van der Waals surface area (Å²) in [5.41, 5.74) is 1.57. The van der Waals surface area contributed by atoms with Crippen LogP contribution in [0.2, 0.25) is 0 Å². The molecule has 0 bridgehead atoms. The number of ether oxygens (including phenoxy) is 1. The second-order valence-corrected chi connectivity index (χ2v) is 10.8. The van der Waals surface area contributed by atoms with E-state index in [0.717, 1.165) is 5.56 Å². The molecule has 0 aliphatic carbocycles. The van der Waals surface area contributed by atoms with Gasteiger partial charge in [-0.05, 0) is 44.2 Å². The topological polar surface area (TPSA) is 139 Å². The molecule has 2 amide bonds. The lowest BCUT2D eigenvalue weighted by Gasteiger charge is -2.31. The second-order valence-electron chi connectivity index (χ2n) is 10.8. The van der Waals surface area contributed by atoms with Crippen LogP contribution in [0.3, 0.4) is 0 Å². The highest BCUT2D eigenvalue weighted by molar-refractivity contribution is 6.51. The molecule has 0 aliphatic heterocycles. The molecule has 0 saturated heterocycles. The third kappa shape index (κ3) is 10.4. The molecule has 0 saturated carbocycles. The Hall–Kier alpha value is -3.28. The zero-order valence-electron chi connectivity index (χ0n) is 24.5. The molecule has 0 aliphatic rings. The molecule has 0 spiro atoms. The number of hydrogen-bond donors (Lipinski definition) is 4. The van der Waals surface area contributed by atoms with Crippen LogP contribution < -0.4 is 15.9 Å². The van der Waals surface area contributed by atoms with Gasteiger partial charge < -0.3 is 30.4 Å². The van der Waals surface area contributed by atoms with Gasteiger partial charge in [0.15, 0.2) is 0 Å². The fourth-order valence-corrected chi connectivity index (χ4v) is 4.06. The summed E-state index contributed by atoms with van der Waals surface area (Å²) in [6, 6.07) is 12.5. The fourth-order valence-electron chi connectivity index (χ4n) is 4.06. The molecule has 10 nitrogen and oxygen atoms in total. The molecule has 2 aromatic rings. The van der Waals surface area contributed by atoms with Gasteiger partial charge in [0.05, 0.1) is 30.9 Å². The Morgan fingerprint density at radius 3 is 2.17 bits per heavy atom. The van der Waals surface area contributed by atoms with Crippen LogP contribution in [0.4, 0.5) is 0 Å². The maximum atomic E-state index is 13.5. The van der Waals surface area contributed by atoms with Gasteiger partial charge in [0.25, 0.3) is 5.91 Å². The van der Waals surface area contributed by atoms with Crippen molar-refractivity contribution in [3.05, 3.63) is 54.2 Å². The Labute approximate surface area is 237 Å². The van der Waals surface area contributed by atoms with E-state index in [1.54, 1.807) is 25.1 Å². The number of nitrogens with one attached hydrogen (secondary N) is 3. The lowest BCUT2D eigenvalue weighted by molar-refractivity contribution is -0.142. The van der Waals surface area contributed by atoms with Crippen LogP contribution in [0.1, 0.15) is 58.5 Å². The molecule has 4 N–H and O–H groups in total. The first kappa shape index (κ1) is 32.9. The number of aliphatic hydroxyl groups excluding tert-OH is 1. The zero-order chi connectivity index (χ0) is 29.8. The first-order valence-electron chi connectivity index (χ1n) is 13.7. The van der Waals surface area contributed by atoms with E-state index in [0.29, 0.717) is 18.7 Å². The molecular weight excluding hydrogens is 511 g/mol. The third-order valence-corrected chi connectivity index (χ3v) is 6.10. The average molecular weight is 554 g/mol. The molecule has 218 valence electrons. The zero-order valence-corrected chi connectivity index (χ0v) is 24.5. The van der Waals surface area contributed by atoms with E-state index in [1.165, 1.54) is 14.0 Å². The molecule has 0 fully saturated rings. The van der Waals surface area contributed by atoms with E-state index in [9.17, 15) is 19.5 Å². The van der Waals surface area contributed by atoms with Crippen molar-refractivity contribution in [3.63, 3.8) is 0 Å². The highest BCUT2D eigenvalue weighted by atomic mass is 16.5. The van der Waals surface area contributed by atoms with Crippen molar-refractivity contribution in [2.75, 3.05) is 13.7 Å². The van der Waals surface area contributed by atoms with Crippen LogP contribution >= 0.6 is 0 Å². The van der Waals surface area contributed by atoms with Gasteiger partial charge in [-0.3, -0.25) is 14.4 Å². The lowest BCUT2D eigenvalue weighted by Crippen LogP contribution is -2.63. The van der Waals surface area contributed by atoms with E-state index in [1.807, 2.05) is 58.0 Å². The number of aliphatic hydroxyl groups is 1. The summed E-state index contributed by atoms with van der Waals surface area (Å²) in [7, 11) is 0.579. The summed E-state index contributed by atoms with van der Waals surface area (Å²) in [5, 5.41) is 19.2. The number of hydrogen-bond acceptors (Lipinski definition) is 8. The molecule has 1 aromatic heterocycles. The largest absolute Gasteiger partial charge is 0.468 e. The summed E-state index contributed by atoms with van der Waals surface area (Å²) >= 11 is 0. The number of rotatable bonds is 15. The molecule has 1 aromatic carbocycles. The van der Waals surface area contributed by atoms with Gasteiger partial charge in [0.1, 0.15) is 11.7 Å². The van der Waals surface area contributed by atoms with Crippen molar-refractivity contribution in [2.24, 2.45) is 11.8 Å². The molecule has 40 heavy (non-hydrogen) atoms. The summed E-state index contributed by atoms with van der Waals surface area (Å²) in [6.45, 7) is 11.5. The summed E-state index contributed by atoms with van der Waals surface area (Å²) in [5.74, 6) is -1.85. The van der Waals surface area contributed by atoms with E-state index in [2.05, 4.69) is 20.8 Å². The number of nitrogens with zero attached hydrogens (tertiary/aromatic N) is 1. The number of benzene rings is 1. The number of esters is 1. The number of pyridine rings is 1. The Morgan fingerprint density at radius 2 is 1.60 bits per heavy atom. The highest BCUT2D eigenvalue weighted by Gasteiger charge is 2.36. The quantitative estimate of drug-likeness (QED) is 0.195. The first-order chi connectivity index (χ1) is 18.9. The van der Waals surface area contributed by atoms with Gasteiger partial charge in [-0.1, -0.05) is 64.1 Å². The Morgan fingerprint density at radius 1 is 0.925 bits per heavy atom. The van der Waals surface area contributed by atoms with E-state index in [-0.39, 0.29) is 17.5 Å². The van der Waals surface area contributed by atoms with Crippen LogP contribution in [0.5, 0.6) is 0 Å². The number of methoxy groups -OCH3 is 1. The maximum Gasteiger partial charge on any atom is 0.404 e. The Balaban J connectivity index is 2.25. The molecule has 2 rings (SSSR count). The number of amides is 2. The number of aromatic nitrogens is 1. The normalized spacial score (nSPS) is 14.2. The van der Waals surface area contributed by atoms with Gasteiger partial charge in [-0.2, -0.15) is 0 Å². The van der Waals surface area contributed by atoms with Crippen LogP contribution in [-0.4, -0.2) is 72.8 Å². The molecule has 11 heteroatoms. The van der Waals surface area contributed by atoms with Crippen molar-refractivity contribution < 1.29 is 28.9 Å². The summed E-state index contributed by atoms with van der Waals surface area (Å²) < 4.78 is 10.9. The van der Waals surface area contributed by atoms with Gasteiger partial charge >= 0.3 is 13.0 Å². The Bertz CT molecular complexity index is 1100. The monoisotopic (exact) mass is 554 g/mol. The van der Waals surface area contributed by atoms with Gasteiger partial charge in [0, 0.05) is 12.2 Å². The third-order valence-electron chi connectivity index (χ3n) is 6.10. The fraction of sp³-hybridized carbons (Fsp3) is 0.517. The van der Waals surface area contributed by atoms with Gasteiger partial charge in [-0.15, -0.1) is 0 Å². The molecular formula is C29H43BN4O6. The van der Waals surface area contributed by atoms with Crippen LogP contribution in [0.25, 0.3) is 11.3 Å². The van der Waals surface area contributed by atoms with Crippen LogP contribution in [-0.2, 0) is 19.0 Å². The van der Waals surface area contributed by atoms with Crippen LogP contribution in [0, 0.1) is 11.8 Å². The van der Waals surface area contributed by atoms with E-state index in [4.69, 9.17) is 9.39 Å². The van der Waals surface area contributed by atoms with Crippen molar-refractivity contribution in [2.45, 2.75) is 72.1 Å². The first-order valence-corrected chi connectivity index (χ1v) is 13.7. The lowest BCUT2D eigenvalue weighted by atomic mass is 9.68. The number of carbonyl (C=O) groups excluding carboxylic acids is 3. The standard InChI is InChI=1S/C29H43BN4O6/c1-18(2)16-25(30(40-17-19(3)4)34-20(5)29(38)39-7)32-28(37)26(21(6)35)33-27(36)24-15-11-14-23(31-24)22-12-9-8-10-13-22/h8-15,18-21,25-26,34-35H,16-17H2,1-7H3,(H,32,37)(H,33,36)/t20-,21+,25-,26-/m0/s1. The molecule has 0 unspecified atom stereocenters. The van der Waals surface area contributed by atoms with Crippen molar-refractivity contribution in [3.8, 4) is 11.3 Å². The highest BCUT2D eigenvalue weighted by Crippen LogP contribution is 2.17. The second kappa shape index (κ2) is 16.1. The van der Waals surface area contributed by atoms with Crippen LogP contribution in [0.15, 0.2) is 48.5 Å². The van der Waals surface area contributed by atoms with Gasteiger partial charge in [0.2, 0.25) is 5.91 Å². The summed E-state index contributed by atoms with van der Waals surface area (Å²) in [4.78, 5) is 43.1. The van der Waals surface area contributed by atoms with Gasteiger partial charge in [-0.25, -0.2) is 4.98 Å². The Kier molecular flexibility index (Phi) is 13.3.